The summed E-state index contributed by atoms with van der Waals surface area (Å²) in [7, 11) is 0. The van der Waals surface area contributed by atoms with Gasteiger partial charge in [0.15, 0.2) is 5.69 Å². The Kier molecular flexibility index (Phi) is 3.83. The Labute approximate surface area is 108 Å². The van der Waals surface area contributed by atoms with Crippen LogP contribution in [0, 0.1) is 3.57 Å². The first kappa shape index (κ1) is 11.9. The zero-order valence-electron chi connectivity index (χ0n) is 9.33. The van der Waals surface area contributed by atoms with Gasteiger partial charge in [-0.15, -0.1) is 0 Å². The van der Waals surface area contributed by atoms with Crippen LogP contribution in [0.15, 0.2) is 0 Å². The fraction of sp³-hybridized carbons (Fsp3) is 0.636. The Hall–Kier alpha value is -0.590. The maximum atomic E-state index is 11.7. The number of nitrogens with zero attached hydrogens (tertiary/aromatic N) is 2. The molecule has 0 spiro atoms. The van der Waals surface area contributed by atoms with Gasteiger partial charge in [-0.25, -0.2) is 4.79 Å². The fourth-order valence-electron chi connectivity index (χ4n) is 1.96. The SMILES string of the molecule is CCOC(=O)c1nn2c(c1I)CCCCC2. The summed E-state index contributed by atoms with van der Waals surface area (Å²) in [6.45, 7) is 3.13. The first-order valence-corrected chi connectivity index (χ1v) is 6.74. The van der Waals surface area contributed by atoms with Crippen LogP contribution in [-0.2, 0) is 17.7 Å². The molecule has 0 aromatic carbocycles. The topological polar surface area (TPSA) is 44.1 Å². The number of hydrogen-bond donors (Lipinski definition) is 0. The van der Waals surface area contributed by atoms with E-state index < -0.39 is 0 Å². The number of fused-ring (bicyclic) bond motifs is 1. The highest BCUT2D eigenvalue weighted by molar-refractivity contribution is 14.1. The Morgan fingerprint density at radius 1 is 1.50 bits per heavy atom. The molecule has 1 aliphatic rings. The third-order valence-corrected chi connectivity index (χ3v) is 3.88. The molecule has 0 amide bonds. The van der Waals surface area contributed by atoms with Gasteiger partial charge < -0.3 is 4.74 Å². The molecule has 2 rings (SSSR count). The molecule has 1 aliphatic heterocycles. The van der Waals surface area contributed by atoms with Crippen molar-refractivity contribution >= 4 is 28.6 Å². The van der Waals surface area contributed by atoms with Gasteiger partial charge in [0.1, 0.15) is 0 Å². The maximum Gasteiger partial charge on any atom is 0.359 e. The molecule has 0 fully saturated rings. The van der Waals surface area contributed by atoms with Crippen LogP contribution in [0.1, 0.15) is 42.4 Å². The number of esters is 1. The van der Waals surface area contributed by atoms with Crippen molar-refractivity contribution in [1.82, 2.24) is 9.78 Å². The van der Waals surface area contributed by atoms with E-state index in [1.54, 1.807) is 0 Å². The lowest BCUT2D eigenvalue weighted by atomic mass is 10.2. The fourth-order valence-corrected chi connectivity index (χ4v) is 2.84. The van der Waals surface area contributed by atoms with E-state index in [1.165, 1.54) is 18.5 Å². The van der Waals surface area contributed by atoms with Crippen LogP contribution < -0.4 is 0 Å². The lowest BCUT2D eigenvalue weighted by Crippen LogP contribution is -2.08. The predicted octanol–water partition coefficient (Wildman–Crippen LogP) is 2.39. The van der Waals surface area contributed by atoms with Crippen LogP contribution in [0.5, 0.6) is 0 Å². The van der Waals surface area contributed by atoms with Gasteiger partial charge in [0.2, 0.25) is 0 Å². The summed E-state index contributed by atoms with van der Waals surface area (Å²) in [6.07, 6.45) is 4.59. The molecule has 0 aliphatic carbocycles. The molecule has 0 N–H and O–H groups in total. The maximum absolute atomic E-state index is 11.7. The predicted molar refractivity (Wildman–Crippen MR) is 68.5 cm³/mol. The van der Waals surface area contributed by atoms with Gasteiger partial charge in [-0.1, -0.05) is 6.42 Å². The number of hydrogen-bond acceptors (Lipinski definition) is 3. The molecule has 5 heteroatoms. The zero-order valence-corrected chi connectivity index (χ0v) is 11.5. The molecule has 88 valence electrons. The van der Waals surface area contributed by atoms with E-state index in [4.69, 9.17) is 4.74 Å². The van der Waals surface area contributed by atoms with Gasteiger partial charge >= 0.3 is 5.97 Å². The van der Waals surface area contributed by atoms with Crippen molar-refractivity contribution in [2.75, 3.05) is 6.61 Å². The quantitative estimate of drug-likeness (QED) is 0.616. The minimum absolute atomic E-state index is 0.299. The zero-order chi connectivity index (χ0) is 11.5. The van der Waals surface area contributed by atoms with Crippen molar-refractivity contribution in [3.05, 3.63) is 15.0 Å². The van der Waals surface area contributed by atoms with Crippen molar-refractivity contribution < 1.29 is 9.53 Å². The Morgan fingerprint density at radius 2 is 2.31 bits per heavy atom. The van der Waals surface area contributed by atoms with Crippen LogP contribution in [0.2, 0.25) is 0 Å². The summed E-state index contributed by atoms with van der Waals surface area (Å²) >= 11 is 2.21. The summed E-state index contributed by atoms with van der Waals surface area (Å²) in [5.74, 6) is -0.299. The molecule has 1 aromatic heterocycles. The highest BCUT2D eigenvalue weighted by Crippen LogP contribution is 2.23. The smallest absolute Gasteiger partial charge is 0.359 e. The third kappa shape index (κ3) is 2.23. The molecule has 0 atom stereocenters. The van der Waals surface area contributed by atoms with Crippen molar-refractivity contribution in [3.63, 3.8) is 0 Å². The largest absolute Gasteiger partial charge is 0.461 e. The number of aromatic nitrogens is 2. The number of ether oxygens (including phenoxy) is 1. The van der Waals surface area contributed by atoms with Gasteiger partial charge in [-0.2, -0.15) is 5.10 Å². The van der Waals surface area contributed by atoms with Crippen molar-refractivity contribution in [2.45, 2.75) is 39.2 Å². The molecular weight excluding hydrogens is 319 g/mol. The highest BCUT2D eigenvalue weighted by Gasteiger charge is 2.22. The summed E-state index contributed by atoms with van der Waals surface area (Å²) in [4.78, 5) is 11.7. The first-order chi connectivity index (χ1) is 7.74. The number of rotatable bonds is 2. The second kappa shape index (κ2) is 5.16. The normalized spacial score (nSPS) is 15.4. The summed E-state index contributed by atoms with van der Waals surface area (Å²) < 4.78 is 7.94. The molecule has 2 heterocycles. The molecule has 0 saturated heterocycles. The average Bonchev–Trinajstić information content (AvgIpc) is 2.47. The van der Waals surface area contributed by atoms with Crippen molar-refractivity contribution in [1.29, 1.82) is 0 Å². The molecule has 4 nitrogen and oxygen atoms in total. The standard InChI is InChI=1S/C11H15IN2O2/c1-2-16-11(15)10-9(12)8-6-4-3-5-7-14(8)13-10/h2-7H2,1H3. The lowest BCUT2D eigenvalue weighted by Gasteiger charge is -2.00. The molecule has 0 bridgehead atoms. The number of carbonyl (C=O) groups is 1. The Morgan fingerprint density at radius 3 is 3.06 bits per heavy atom. The molecular formula is C11H15IN2O2. The van der Waals surface area contributed by atoms with Gasteiger partial charge in [-0.3, -0.25) is 4.68 Å². The average molecular weight is 334 g/mol. The molecule has 0 unspecified atom stereocenters. The van der Waals surface area contributed by atoms with Crippen LogP contribution in [-0.4, -0.2) is 22.4 Å². The Bertz CT molecular complexity index is 401. The van der Waals surface area contributed by atoms with Crippen LogP contribution in [0.3, 0.4) is 0 Å². The van der Waals surface area contributed by atoms with Crippen molar-refractivity contribution in [2.24, 2.45) is 0 Å². The van der Waals surface area contributed by atoms with E-state index in [-0.39, 0.29) is 5.97 Å². The van der Waals surface area contributed by atoms with Gasteiger partial charge in [0.05, 0.1) is 15.9 Å². The van der Waals surface area contributed by atoms with E-state index >= 15 is 0 Å². The summed E-state index contributed by atoms with van der Waals surface area (Å²) in [5.41, 5.74) is 1.68. The van der Waals surface area contributed by atoms with Gasteiger partial charge in [0, 0.05) is 6.54 Å². The number of aryl methyl sites for hydroxylation is 1. The Balaban J connectivity index is 2.31. The van der Waals surface area contributed by atoms with E-state index in [0.717, 1.165) is 23.0 Å². The lowest BCUT2D eigenvalue weighted by molar-refractivity contribution is 0.0517. The van der Waals surface area contributed by atoms with Crippen LogP contribution >= 0.6 is 22.6 Å². The molecule has 16 heavy (non-hydrogen) atoms. The van der Waals surface area contributed by atoms with E-state index in [9.17, 15) is 4.79 Å². The number of halogens is 1. The summed E-state index contributed by atoms with van der Waals surface area (Å²) in [6, 6.07) is 0. The first-order valence-electron chi connectivity index (χ1n) is 5.66. The minimum atomic E-state index is -0.299. The number of carbonyl (C=O) groups excluding carboxylic acids is 1. The third-order valence-electron chi connectivity index (χ3n) is 2.75. The van der Waals surface area contributed by atoms with Crippen LogP contribution in [0.4, 0.5) is 0 Å². The minimum Gasteiger partial charge on any atom is -0.461 e. The van der Waals surface area contributed by atoms with Gasteiger partial charge in [-0.05, 0) is 48.8 Å². The molecule has 0 saturated carbocycles. The molecule has 0 radical (unpaired) electrons. The second-order valence-corrected chi connectivity index (χ2v) is 4.94. The van der Waals surface area contributed by atoms with Crippen molar-refractivity contribution in [3.8, 4) is 0 Å². The highest BCUT2D eigenvalue weighted by atomic mass is 127. The van der Waals surface area contributed by atoms with Crippen LogP contribution in [0.25, 0.3) is 0 Å². The second-order valence-electron chi connectivity index (χ2n) is 3.86. The van der Waals surface area contributed by atoms with E-state index in [1.807, 2.05) is 11.6 Å². The summed E-state index contributed by atoms with van der Waals surface area (Å²) in [5, 5.41) is 4.36. The van der Waals surface area contributed by atoms with E-state index in [0.29, 0.717) is 12.3 Å². The monoisotopic (exact) mass is 334 g/mol. The van der Waals surface area contributed by atoms with Gasteiger partial charge in [0.25, 0.3) is 0 Å². The van der Waals surface area contributed by atoms with E-state index in [2.05, 4.69) is 27.7 Å². The molecule has 1 aromatic rings.